The zero-order valence-electron chi connectivity index (χ0n) is 17.0. The summed E-state index contributed by atoms with van der Waals surface area (Å²) in [5, 5.41) is 18.8. The molecule has 31 heavy (non-hydrogen) atoms. The number of aryl methyl sites for hydroxylation is 1. The summed E-state index contributed by atoms with van der Waals surface area (Å²) in [7, 11) is 0. The number of H-pyrrole nitrogens is 1. The fourth-order valence-electron chi connectivity index (χ4n) is 3.85. The molecule has 0 unspecified atom stereocenters. The molecule has 0 fully saturated rings. The van der Waals surface area contributed by atoms with Crippen LogP contribution in [0.2, 0.25) is 0 Å². The van der Waals surface area contributed by atoms with Gasteiger partial charge in [-0.25, -0.2) is 4.52 Å². The third-order valence-corrected chi connectivity index (χ3v) is 5.31. The minimum Gasteiger partial charge on any atom is -0.383 e. The number of benzene rings is 2. The monoisotopic (exact) mass is 411 g/mol. The lowest BCUT2D eigenvalue weighted by molar-refractivity contribution is 0.779. The molecule has 3 N–H and O–H groups in total. The van der Waals surface area contributed by atoms with E-state index in [4.69, 9.17) is 5.73 Å². The van der Waals surface area contributed by atoms with Gasteiger partial charge in [-0.2, -0.15) is 20.3 Å². The number of anilines is 1. The van der Waals surface area contributed by atoms with Crippen LogP contribution in [0.1, 0.15) is 30.2 Å². The van der Waals surface area contributed by atoms with Gasteiger partial charge in [-0.3, -0.25) is 0 Å². The third kappa shape index (κ3) is 3.50. The molecular formula is C22H21N9. The molecule has 0 saturated carbocycles. The number of nitrogens with two attached hydrogens (primary N) is 1. The molecule has 5 aromatic rings. The highest BCUT2D eigenvalue weighted by molar-refractivity contribution is 5.80. The highest BCUT2D eigenvalue weighted by Gasteiger charge is 2.16. The first kappa shape index (κ1) is 18.9. The number of nitrogen functional groups attached to an aromatic ring is 1. The van der Waals surface area contributed by atoms with Crippen LogP contribution in [0, 0.1) is 0 Å². The van der Waals surface area contributed by atoms with Gasteiger partial charge in [0.25, 0.3) is 5.78 Å². The average molecular weight is 411 g/mol. The van der Waals surface area contributed by atoms with Crippen molar-refractivity contribution >= 4 is 11.6 Å². The van der Waals surface area contributed by atoms with E-state index in [9.17, 15) is 0 Å². The van der Waals surface area contributed by atoms with Crippen molar-refractivity contribution in [1.29, 1.82) is 0 Å². The summed E-state index contributed by atoms with van der Waals surface area (Å²) in [4.78, 5) is 8.61. The van der Waals surface area contributed by atoms with Gasteiger partial charge in [0.05, 0.1) is 5.69 Å². The molecule has 0 spiro atoms. The molecule has 154 valence electrons. The first-order chi connectivity index (χ1) is 15.2. The molecule has 0 saturated heterocycles. The van der Waals surface area contributed by atoms with Crippen LogP contribution in [0.4, 0.5) is 5.82 Å². The number of hydrogen-bond donors (Lipinski definition) is 2. The van der Waals surface area contributed by atoms with Gasteiger partial charge in [0.15, 0.2) is 0 Å². The van der Waals surface area contributed by atoms with E-state index in [1.807, 2.05) is 18.2 Å². The van der Waals surface area contributed by atoms with Gasteiger partial charge in [-0.15, -0.1) is 10.2 Å². The van der Waals surface area contributed by atoms with Crippen molar-refractivity contribution in [2.24, 2.45) is 0 Å². The minimum absolute atomic E-state index is 0.510. The number of tetrazole rings is 1. The minimum atomic E-state index is 0.510. The maximum absolute atomic E-state index is 6.30. The quantitative estimate of drug-likeness (QED) is 0.440. The predicted molar refractivity (Wildman–Crippen MR) is 117 cm³/mol. The zero-order valence-corrected chi connectivity index (χ0v) is 17.0. The summed E-state index contributed by atoms with van der Waals surface area (Å²) in [5.41, 5.74) is 12.6. The van der Waals surface area contributed by atoms with Gasteiger partial charge in [0, 0.05) is 17.5 Å². The normalized spacial score (nSPS) is 11.3. The first-order valence-electron chi connectivity index (χ1n) is 10.1. The standard InChI is InChI=1S/C22H21N9/c1-2-5-19-18(20(23)26-22-24-13-25-31(19)22)12-14-8-10-15(11-9-14)16-6-3-4-7-17(16)21-27-29-30-28-21/h3-4,6-11,13H,2,5,12H2,1H3,(H2,23,24,25,26)(H,27,28,29,30). The average Bonchev–Trinajstić information content (AvgIpc) is 3.49. The van der Waals surface area contributed by atoms with Crippen LogP contribution < -0.4 is 5.73 Å². The Morgan fingerprint density at radius 2 is 1.84 bits per heavy atom. The summed E-state index contributed by atoms with van der Waals surface area (Å²) in [6.45, 7) is 2.14. The molecular weight excluding hydrogens is 390 g/mol. The highest BCUT2D eigenvalue weighted by atomic mass is 15.5. The maximum Gasteiger partial charge on any atom is 0.254 e. The summed E-state index contributed by atoms with van der Waals surface area (Å²) in [6.07, 6.45) is 4.03. The van der Waals surface area contributed by atoms with Crippen LogP contribution >= 0.6 is 0 Å². The van der Waals surface area contributed by atoms with Crippen LogP contribution in [0.15, 0.2) is 54.9 Å². The Bertz CT molecular complexity index is 1320. The Hall–Kier alpha value is -4.14. The molecule has 0 aliphatic rings. The van der Waals surface area contributed by atoms with Crippen molar-refractivity contribution in [3.63, 3.8) is 0 Å². The lowest BCUT2D eigenvalue weighted by Gasteiger charge is -2.13. The molecule has 9 nitrogen and oxygen atoms in total. The van der Waals surface area contributed by atoms with E-state index in [-0.39, 0.29) is 0 Å². The summed E-state index contributed by atoms with van der Waals surface area (Å²) < 4.78 is 1.80. The van der Waals surface area contributed by atoms with E-state index >= 15 is 0 Å². The molecule has 0 aliphatic heterocycles. The second kappa shape index (κ2) is 7.94. The lowest BCUT2D eigenvalue weighted by Crippen LogP contribution is -2.11. The topological polar surface area (TPSA) is 124 Å². The molecule has 0 bridgehead atoms. The van der Waals surface area contributed by atoms with Gasteiger partial charge in [0.2, 0.25) is 5.82 Å². The molecule has 5 rings (SSSR count). The molecule has 9 heteroatoms. The largest absolute Gasteiger partial charge is 0.383 e. The molecule has 3 heterocycles. The second-order valence-electron chi connectivity index (χ2n) is 7.30. The number of aromatic amines is 1. The Balaban J connectivity index is 1.49. The van der Waals surface area contributed by atoms with E-state index in [0.29, 0.717) is 23.8 Å². The van der Waals surface area contributed by atoms with Gasteiger partial charge < -0.3 is 5.73 Å². The van der Waals surface area contributed by atoms with Crippen molar-refractivity contribution in [2.45, 2.75) is 26.2 Å². The van der Waals surface area contributed by atoms with Crippen LogP contribution in [-0.4, -0.2) is 40.2 Å². The fourth-order valence-corrected chi connectivity index (χ4v) is 3.85. The fraction of sp³-hybridized carbons (Fsp3) is 0.182. The Kier molecular flexibility index (Phi) is 4.83. The summed E-state index contributed by atoms with van der Waals surface area (Å²) >= 11 is 0. The van der Waals surface area contributed by atoms with E-state index in [2.05, 4.69) is 72.9 Å². The molecule has 0 radical (unpaired) electrons. The SMILES string of the molecule is CCCc1c(Cc2ccc(-c3ccccc3-c3nn[nH]n3)cc2)c(N)nc2ncnn12. The summed E-state index contributed by atoms with van der Waals surface area (Å²) in [6, 6.07) is 16.5. The number of nitrogens with one attached hydrogen (secondary N) is 1. The molecule has 0 atom stereocenters. The van der Waals surface area contributed by atoms with E-state index in [1.165, 1.54) is 6.33 Å². The lowest BCUT2D eigenvalue weighted by atomic mass is 9.96. The third-order valence-electron chi connectivity index (χ3n) is 5.31. The van der Waals surface area contributed by atoms with Gasteiger partial charge >= 0.3 is 0 Å². The predicted octanol–water partition coefficient (Wildman–Crippen LogP) is 3.10. The van der Waals surface area contributed by atoms with Crippen molar-refractivity contribution in [3.8, 4) is 22.5 Å². The second-order valence-corrected chi connectivity index (χ2v) is 7.30. The smallest absolute Gasteiger partial charge is 0.254 e. The first-order valence-corrected chi connectivity index (χ1v) is 10.1. The van der Waals surface area contributed by atoms with Gasteiger partial charge in [0.1, 0.15) is 12.1 Å². The maximum atomic E-state index is 6.30. The Labute approximate surface area is 178 Å². The van der Waals surface area contributed by atoms with Crippen LogP contribution in [-0.2, 0) is 12.8 Å². The van der Waals surface area contributed by atoms with Crippen molar-refractivity contribution in [1.82, 2.24) is 40.2 Å². The van der Waals surface area contributed by atoms with E-state index in [0.717, 1.165) is 46.4 Å². The zero-order chi connectivity index (χ0) is 21.2. The van der Waals surface area contributed by atoms with E-state index in [1.54, 1.807) is 4.52 Å². The van der Waals surface area contributed by atoms with Gasteiger partial charge in [-0.1, -0.05) is 61.9 Å². The van der Waals surface area contributed by atoms with E-state index < -0.39 is 0 Å². The molecule has 0 amide bonds. The van der Waals surface area contributed by atoms with Crippen molar-refractivity contribution < 1.29 is 0 Å². The summed E-state index contributed by atoms with van der Waals surface area (Å²) in [5.74, 6) is 1.62. The number of aromatic nitrogens is 8. The highest BCUT2D eigenvalue weighted by Crippen LogP contribution is 2.30. The number of rotatable bonds is 6. The van der Waals surface area contributed by atoms with Crippen molar-refractivity contribution in [3.05, 3.63) is 71.7 Å². The number of fused-ring (bicyclic) bond motifs is 1. The van der Waals surface area contributed by atoms with Crippen LogP contribution in [0.3, 0.4) is 0 Å². The molecule has 0 aliphatic carbocycles. The van der Waals surface area contributed by atoms with Crippen LogP contribution in [0.5, 0.6) is 0 Å². The number of hydrogen-bond acceptors (Lipinski definition) is 7. The molecule has 2 aromatic carbocycles. The Morgan fingerprint density at radius 1 is 1.03 bits per heavy atom. The molecule has 3 aromatic heterocycles. The van der Waals surface area contributed by atoms with Crippen LogP contribution in [0.25, 0.3) is 28.3 Å². The van der Waals surface area contributed by atoms with Gasteiger partial charge in [-0.05, 0) is 28.3 Å². The Morgan fingerprint density at radius 3 is 2.58 bits per heavy atom. The number of nitrogens with zero attached hydrogens (tertiary/aromatic N) is 7. The van der Waals surface area contributed by atoms with Crippen molar-refractivity contribution in [2.75, 3.05) is 5.73 Å².